The van der Waals surface area contributed by atoms with E-state index >= 15 is 0 Å². The first-order valence-electron chi connectivity index (χ1n) is 11.4. The van der Waals surface area contributed by atoms with Crippen molar-refractivity contribution >= 4 is 44.7 Å². The van der Waals surface area contributed by atoms with E-state index in [1.54, 1.807) is 29.9 Å². The van der Waals surface area contributed by atoms with Gasteiger partial charge >= 0.3 is 0 Å². The van der Waals surface area contributed by atoms with Crippen LogP contribution >= 0.6 is 11.3 Å². The number of amides is 1. The third-order valence-corrected chi connectivity index (χ3v) is 7.05. The lowest BCUT2D eigenvalue weighted by Gasteiger charge is -2.06. The quantitative estimate of drug-likeness (QED) is 0.261. The highest BCUT2D eigenvalue weighted by Crippen LogP contribution is 2.37. The molecule has 0 radical (unpaired) electrons. The van der Waals surface area contributed by atoms with Crippen LogP contribution in [0.3, 0.4) is 0 Å². The number of pyridine rings is 2. The molecule has 7 nitrogen and oxygen atoms in total. The number of nitrogens with one attached hydrogen (secondary N) is 3. The number of carbonyl (C=O) groups excluding carboxylic acids is 1. The summed E-state index contributed by atoms with van der Waals surface area (Å²) in [4.78, 5) is 26.7. The van der Waals surface area contributed by atoms with Gasteiger partial charge in [0.1, 0.15) is 5.69 Å². The molecule has 1 amide bonds. The Morgan fingerprint density at radius 2 is 1.94 bits per heavy atom. The molecule has 0 atom stereocenters. The van der Waals surface area contributed by atoms with E-state index in [1.807, 2.05) is 19.1 Å². The van der Waals surface area contributed by atoms with Crippen LogP contribution in [0.15, 0.2) is 67.1 Å². The first kappa shape index (κ1) is 21.2. The van der Waals surface area contributed by atoms with Crippen molar-refractivity contribution in [2.75, 3.05) is 5.32 Å². The third-order valence-electron chi connectivity index (χ3n) is 6.01. The molecule has 6 rings (SSSR count). The minimum atomic E-state index is -0.0552. The van der Waals surface area contributed by atoms with Gasteiger partial charge in [-0.2, -0.15) is 5.10 Å². The number of hydrogen-bond acceptors (Lipinski definition) is 5. The van der Waals surface area contributed by atoms with Gasteiger partial charge in [-0.1, -0.05) is 19.1 Å². The average Bonchev–Trinajstić information content (AvgIpc) is 3.61. The zero-order valence-electron chi connectivity index (χ0n) is 19.2. The summed E-state index contributed by atoms with van der Waals surface area (Å²) in [6, 6.07) is 16.7. The van der Waals surface area contributed by atoms with Crippen LogP contribution in [0.25, 0.3) is 54.9 Å². The number of hydrogen-bond donors (Lipinski definition) is 3. The van der Waals surface area contributed by atoms with Gasteiger partial charge in [-0.25, -0.2) is 0 Å². The number of fused-ring (bicyclic) bond motifs is 2. The predicted octanol–water partition coefficient (Wildman–Crippen LogP) is 6.55. The van der Waals surface area contributed by atoms with E-state index in [9.17, 15) is 4.79 Å². The molecule has 0 aliphatic carbocycles. The highest BCUT2D eigenvalue weighted by atomic mass is 32.1. The molecule has 0 saturated carbocycles. The normalized spacial score (nSPS) is 11.4. The molecule has 8 heteroatoms. The number of nitrogens with zero attached hydrogens (tertiary/aromatic N) is 3. The predicted molar refractivity (Wildman–Crippen MR) is 141 cm³/mol. The van der Waals surface area contributed by atoms with Gasteiger partial charge in [-0.3, -0.25) is 19.9 Å². The largest absolute Gasteiger partial charge is 0.353 e. The maximum absolute atomic E-state index is 11.8. The number of rotatable bonds is 5. The van der Waals surface area contributed by atoms with Crippen LogP contribution in [0.5, 0.6) is 0 Å². The Morgan fingerprint density at radius 3 is 2.77 bits per heavy atom. The fourth-order valence-electron chi connectivity index (χ4n) is 4.25. The van der Waals surface area contributed by atoms with Gasteiger partial charge in [0, 0.05) is 49.8 Å². The molecular weight excluding hydrogens is 456 g/mol. The van der Waals surface area contributed by atoms with E-state index in [-0.39, 0.29) is 5.91 Å². The Hall–Kier alpha value is -4.30. The lowest BCUT2D eigenvalue weighted by atomic mass is 10.1. The lowest BCUT2D eigenvalue weighted by molar-refractivity contribution is -0.115. The van der Waals surface area contributed by atoms with E-state index in [2.05, 4.69) is 73.8 Å². The molecule has 3 N–H and O–H groups in total. The summed E-state index contributed by atoms with van der Waals surface area (Å²) in [6.45, 7) is 3.94. The van der Waals surface area contributed by atoms with Crippen molar-refractivity contribution in [3.8, 4) is 33.1 Å². The van der Waals surface area contributed by atoms with Crippen LogP contribution in [0.1, 0.15) is 18.2 Å². The molecule has 0 aliphatic rings. The summed E-state index contributed by atoms with van der Waals surface area (Å²) < 4.78 is 0. The van der Waals surface area contributed by atoms with Crippen LogP contribution < -0.4 is 5.32 Å². The van der Waals surface area contributed by atoms with Gasteiger partial charge < -0.3 is 10.3 Å². The number of aromatic nitrogens is 5. The number of aryl methyl sites for hydroxylation is 1. The summed E-state index contributed by atoms with van der Waals surface area (Å²) in [5, 5.41) is 12.7. The zero-order valence-corrected chi connectivity index (χ0v) is 20.0. The average molecular weight is 479 g/mol. The second-order valence-electron chi connectivity index (χ2n) is 8.41. The number of H-pyrrole nitrogens is 2. The second-order valence-corrected chi connectivity index (χ2v) is 9.70. The van der Waals surface area contributed by atoms with Crippen molar-refractivity contribution in [2.24, 2.45) is 0 Å². The molecule has 5 heterocycles. The maximum atomic E-state index is 11.8. The topological polar surface area (TPSA) is 99.4 Å². The van der Waals surface area contributed by atoms with Crippen LogP contribution in [0, 0.1) is 6.92 Å². The zero-order chi connectivity index (χ0) is 23.9. The highest BCUT2D eigenvalue weighted by Gasteiger charge is 2.15. The molecule has 0 unspecified atom stereocenters. The molecule has 0 saturated heterocycles. The number of carbonyl (C=O) groups is 1. The minimum Gasteiger partial charge on any atom is -0.353 e. The number of benzene rings is 1. The first-order chi connectivity index (χ1) is 17.1. The van der Waals surface area contributed by atoms with Crippen LogP contribution in [-0.4, -0.2) is 31.1 Å². The second kappa shape index (κ2) is 8.48. The van der Waals surface area contributed by atoms with Crippen molar-refractivity contribution in [1.29, 1.82) is 0 Å². The standard InChI is InChI=1S/C27H22N6OS/c1-3-26(34)30-17-9-16(12-28-13-17)22-11-20-24(14-29-22)32-33-27(20)23-10-19-18(5-4-6-21(19)31-23)25-8-7-15(2)35-25/h4-14,31H,3H2,1-2H3,(H,30,34)(H,32,33). The van der Waals surface area contributed by atoms with Gasteiger partial charge in [0.05, 0.1) is 35.0 Å². The monoisotopic (exact) mass is 478 g/mol. The Kier molecular flexibility index (Phi) is 5.15. The smallest absolute Gasteiger partial charge is 0.224 e. The van der Waals surface area contributed by atoms with E-state index < -0.39 is 0 Å². The van der Waals surface area contributed by atoms with Gasteiger partial charge in [0.25, 0.3) is 0 Å². The Bertz CT molecular complexity index is 1710. The molecule has 0 fully saturated rings. The van der Waals surface area contributed by atoms with Crippen LogP contribution in [0.4, 0.5) is 5.69 Å². The van der Waals surface area contributed by atoms with Gasteiger partial charge in [0.2, 0.25) is 5.91 Å². The Morgan fingerprint density at radius 1 is 1.03 bits per heavy atom. The molecular formula is C27H22N6OS. The third kappa shape index (κ3) is 3.87. The van der Waals surface area contributed by atoms with Crippen molar-refractivity contribution in [2.45, 2.75) is 20.3 Å². The van der Waals surface area contributed by atoms with Crippen LogP contribution in [-0.2, 0) is 4.79 Å². The molecule has 35 heavy (non-hydrogen) atoms. The van der Waals surface area contributed by atoms with Gasteiger partial charge in [-0.15, -0.1) is 11.3 Å². The van der Waals surface area contributed by atoms with Crippen molar-refractivity contribution < 1.29 is 4.79 Å². The summed E-state index contributed by atoms with van der Waals surface area (Å²) in [5.41, 5.74) is 7.12. The summed E-state index contributed by atoms with van der Waals surface area (Å²) in [5.74, 6) is -0.0552. The highest BCUT2D eigenvalue weighted by molar-refractivity contribution is 7.15. The molecule has 172 valence electrons. The Labute approximate surface area is 205 Å². The van der Waals surface area contributed by atoms with E-state index in [4.69, 9.17) is 0 Å². The van der Waals surface area contributed by atoms with Crippen LogP contribution in [0.2, 0.25) is 0 Å². The molecule has 0 aliphatic heterocycles. The molecule has 0 bridgehead atoms. The number of anilines is 1. The lowest BCUT2D eigenvalue weighted by Crippen LogP contribution is -2.09. The number of aromatic amines is 2. The van der Waals surface area contributed by atoms with E-state index in [0.717, 1.165) is 39.1 Å². The first-order valence-corrected chi connectivity index (χ1v) is 12.2. The van der Waals surface area contributed by atoms with E-state index in [1.165, 1.54) is 20.7 Å². The van der Waals surface area contributed by atoms with Gasteiger partial charge in [-0.05, 0) is 43.3 Å². The SMILES string of the molecule is CCC(=O)Nc1cncc(-c2cc3c(-c4cc5c(-c6ccc(C)s6)cccc5[nH]4)n[nH]c3cn2)c1. The Balaban J connectivity index is 1.43. The molecule has 6 aromatic rings. The van der Waals surface area contributed by atoms with Crippen molar-refractivity contribution in [1.82, 2.24) is 25.1 Å². The van der Waals surface area contributed by atoms with Gasteiger partial charge in [0.15, 0.2) is 0 Å². The van der Waals surface area contributed by atoms with Crippen molar-refractivity contribution in [3.05, 3.63) is 72.0 Å². The fourth-order valence-corrected chi connectivity index (χ4v) is 5.16. The molecule has 5 aromatic heterocycles. The summed E-state index contributed by atoms with van der Waals surface area (Å²) in [7, 11) is 0. The fraction of sp³-hybridized carbons (Fsp3) is 0.111. The molecule has 0 spiro atoms. The maximum Gasteiger partial charge on any atom is 0.224 e. The van der Waals surface area contributed by atoms with E-state index in [0.29, 0.717) is 12.1 Å². The minimum absolute atomic E-state index is 0.0552. The molecule has 1 aromatic carbocycles. The summed E-state index contributed by atoms with van der Waals surface area (Å²) >= 11 is 1.79. The number of thiophene rings is 1. The summed E-state index contributed by atoms with van der Waals surface area (Å²) in [6.07, 6.45) is 5.57. The van der Waals surface area contributed by atoms with Crippen molar-refractivity contribution in [3.63, 3.8) is 0 Å².